The first-order valence-corrected chi connectivity index (χ1v) is 15.3. The number of oxazole rings is 1. The molecular formula is C36H40N4O6. The number of aromatic nitrogens is 1. The maximum absolute atomic E-state index is 13.7. The van der Waals surface area contributed by atoms with Crippen molar-refractivity contribution in [2.24, 2.45) is 5.92 Å². The Morgan fingerprint density at radius 2 is 1.39 bits per heavy atom. The SMILES string of the molecule is CC(C)CC(NC(=O)OCc1ccccc1)C(=O)NC(CCc1ccccc1)C(=O)c1nc(C(=O)N(C)Cc2ccccc2)co1. The summed E-state index contributed by atoms with van der Waals surface area (Å²) in [5.41, 5.74) is 2.71. The van der Waals surface area contributed by atoms with Crippen LogP contribution in [-0.2, 0) is 29.1 Å². The molecule has 2 atom stereocenters. The Morgan fingerprint density at radius 3 is 2.00 bits per heavy atom. The molecule has 0 saturated carbocycles. The van der Waals surface area contributed by atoms with Crippen LogP contribution in [-0.4, -0.2) is 52.7 Å². The first-order valence-electron chi connectivity index (χ1n) is 15.3. The average molecular weight is 625 g/mol. The van der Waals surface area contributed by atoms with Gasteiger partial charge in [0.05, 0.1) is 6.04 Å². The second-order valence-electron chi connectivity index (χ2n) is 11.5. The fourth-order valence-electron chi connectivity index (χ4n) is 4.87. The van der Waals surface area contributed by atoms with E-state index in [1.54, 1.807) is 7.05 Å². The van der Waals surface area contributed by atoms with Crippen LogP contribution in [0.5, 0.6) is 0 Å². The monoisotopic (exact) mass is 624 g/mol. The van der Waals surface area contributed by atoms with Crippen LogP contribution in [0.25, 0.3) is 0 Å². The number of hydrogen-bond donors (Lipinski definition) is 2. The molecule has 4 rings (SSSR count). The van der Waals surface area contributed by atoms with E-state index in [0.29, 0.717) is 19.4 Å². The van der Waals surface area contributed by atoms with Gasteiger partial charge in [-0.3, -0.25) is 14.4 Å². The summed E-state index contributed by atoms with van der Waals surface area (Å²) in [7, 11) is 1.64. The summed E-state index contributed by atoms with van der Waals surface area (Å²) in [5.74, 6) is -1.76. The highest BCUT2D eigenvalue weighted by atomic mass is 16.5. The number of amides is 3. The van der Waals surface area contributed by atoms with Crippen molar-refractivity contribution in [3.05, 3.63) is 126 Å². The minimum Gasteiger partial charge on any atom is -0.445 e. The van der Waals surface area contributed by atoms with Crippen molar-refractivity contribution in [2.75, 3.05) is 7.05 Å². The maximum atomic E-state index is 13.7. The van der Waals surface area contributed by atoms with Crippen LogP contribution in [0.1, 0.15) is 64.6 Å². The third-order valence-corrected chi connectivity index (χ3v) is 7.27. The molecule has 2 N–H and O–H groups in total. The summed E-state index contributed by atoms with van der Waals surface area (Å²) in [5, 5.41) is 5.46. The van der Waals surface area contributed by atoms with Gasteiger partial charge in [0.25, 0.3) is 11.8 Å². The standard InChI is InChI=1S/C36H40N4O6/c1-25(2)21-30(39-36(44)46-23-28-17-11-6-12-18-28)33(42)37-29(20-19-26-13-7-4-8-14-26)32(41)34-38-31(24-45-34)35(43)40(3)22-27-15-9-5-10-16-27/h4-18,24-25,29-30H,19-23H2,1-3H3,(H,37,42)(H,39,44). The number of hydrogen-bond acceptors (Lipinski definition) is 7. The molecule has 0 aliphatic heterocycles. The molecule has 0 aliphatic carbocycles. The van der Waals surface area contributed by atoms with Crippen LogP contribution in [0.3, 0.4) is 0 Å². The minimum atomic E-state index is -1.03. The molecule has 10 heteroatoms. The van der Waals surface area contributed by atoms with Crippen LogP contribution >= 0.6 is 0 Å². The van der Waals surface area contributed by atoms with Gasteiger partial charge in [0.2, 0.25) is 11.7 Å². The van der Waals surface area contributed by atoms with Crippen LogP contribution < -0.4 is 10.6 Å². The molecule has 3 amide bonds. The molecule has 0 spiro atoms. The van der Waals surface area contributed by atoms with E-state index < -0.39 is 35.8 Å². The van der Waals surface area contributed by atoms with Crippen molar-refractivity contribution >= 4 is 23.7 Å². The number of benzene rings is 3. The number of nitrogens with zero attached hydrogens (tertiary/aromatic N) is 2. The Balaban J connectivity index is 1.47. The molecule has 0 fully saturated rings. The second kappa shape index (κ2) is 16.7. The van der Waals surface area contributed by atoms with Gasteiger partial charge in [-0.2, -0.15) is 0 Å². The Labute approximate surface area is 269 Å². The molecule has 1 aromatic heterocycles. The first kappa shape index (κ1) is 33.6. The molecule has 0 saturated heterocycles. The summed E-state index contributed by atoms with van der Waals surface area (Å²) in [4.78, 5) is 58.7. The lowest BCUT2D eigenvalue weighted by atomic mass is 9.99. The molecule has 3 aromatic carbocycles. The zero-order valence-electron chi connectivity index (χ0n) is 26.3. The van der Waals surface area contributed by atoms with E-state index >= 15 is 0 Å². The van der Waals surface area contributed by atoms with Crippen molar-refractivity contribution in [1.82, 2.24) is 20.5 Å². The fraction of sp³-hybridized carbons (Fsp3) is 0.306. The molecule has 0 bridgehead atoms. The molecule has 4 aromatic rings. The average Bonchev–Trinajstić information content (AvgIpc) is 3.56. The number of nitrogens with one attached hydrogen (secondary N) is 2. The number of carbonyl (C=O) groups is 4. The summed E-state index contributed by atoms with van der Waals surface area (Å²) in [6.07, 6.45) is 1.44. The van der Waals surface area contributed by atoms with E-state index in [2.05, 4.69) is 15.6 Å². The number of carbonyl (C=O) groups excluding carboxylic acids is 4. The zero-order chi connectivity index (χ0) is 32.9. The third kappa shape index (κ3) is 10.2. The number of alkyl carbamates (subject to hydrolysis) is 1. The van der Waals surface area contributed by atoms with E-state index in [4.69, 9.17) is 9.15 Å². The van der Waals surface area contributed by atoms with Crippen molar-refractivity contribution < 1.29 is 28.3 Å². The predicted octanol–water partition coefficient (Wildman–Crippen LogP) is 5.59. The van der Waals surface area contributed by atoms with Gasteiger partial charge in [-0.25, -0.2) is 9.78 Å². The van der Waals surface area contributed by atoms with Crippen LogP contribution in [0.15, 0.2) is 102 Å². The molecule has 10 nitrogen and oxygen atoms in total. The van der Waals surface area contributed by atoms with Gasteiger partial charge in [-0.05, 0) is 41.9 Å². The minimum absolute atomic E-state index is 0.0181. The molecule has 240 valence electrons. The van der Waals surface area contributed by atoms with Crippen molar-refractivity contribution in [3.63, 3.8) is 0 Å². The lowest BCUT2D eigenvalue weighted by Crippen LogP contribution is -2.52. The molecule has 46 heavy (non-hydrogen) atoms. The fourth-order valence-corrected chi connectivity index (χ4v) is 4.87. The second-order valence-corrected chi connectivity index (χ2v) is 11.5. The van der Waals surface area contributed by atoms with E-state index in [1.807, 2.05) is 105 Å². The quantitative estimate of drug-likeness (QED) is 0.165. The largest absolute Gasteiger partial charge is 0.445 e. The molecule has 0 aliphatic rings. The van der Waals surface area contributed by atoms with Crippen LogP contribution in [0.4, 0.5) is 4.79 Å². The van der Waals surface area contributed by atoms with Crippen LogP contribution in [0, 0.1) is 5.92 Å². The van der Waals surface area contributed by atoms with Gasteiger partial charge in [0.1, 0.15) is 18.9 Å². The van der Waals surface area contributed by atoms with Gasteiger partial charge >= 0.3 is 6.09 Å². The van der Waals surface area contributed by atoms with Crippen LogP contribution in [0.2, 0.25) is 0 Å². The number of rotatable bonds is 15. The Bertz CT molecular complexity index is 1570. The van der Waals surface area contributed by atoms with E-state index in [9.17, 15) is 19.2 Å². The zero-order valence-corrected chi connectivity index (χ0v) is 26.3. The number of ether oxygens (including phenoxy) is 1. The summed E-state index contributed by atoms with van der Waals surface area (Å²) >= 11 is 0. The lowest BCUT2D eigenvalue weighted by molar-refractivity contribution is -0.124. The highest BCUT2D eigenvalue weighted by Gasteiger charge is 2.31. The van der Waals surface area contributed by atoms with E-state index in [0.717, 1.165) is 23.0 Å². The van der Waals surface area contributed by atoms with Gasteiger partial charge in [0, 0.05) is 13.6 Å². The number of aryl methyl sites for hydroxylation is 1. The van der Waals surface area contributed by atoms with Crippen molar-refractivity contribution in [2.45, 2.75) is 58.3 Å². The topological polar surface area (TPSA) is 131 Å². The van der Waals surface area contributed by atoms with Crippen molar-refractivity contribution in [3.8, 4) is 0 Å². The highest BCUT2D eigenvalue weighted by Crippen LogP contribution is 2.15. The maximum Gasteiger partial charge on any atom is 0.408 e. The molecule has 0 radical (unpaired) electrons. The predicted molar refractivity (Wildman–Crippen MR) is 173 cm³/mol. The van der Waals surface area contributed by atoms with Gasteiger partial charge < -0.3 is 24.7 Å². The van der Waals surface area contributed by atoms with Gasteiger partial charge in [-0.15, -0.1) is 0 Å². The third-order valence-electron chi connectivity index (χ3n) is 7.27. The normalized spacial score (nSPS) is 12.2. The Hall–Kier alpha value is -5.25. The summed E-state index contributed by atoms with van der Waals surface area (Å²) in [6.45, 7) is 4.25. The number of Topliss-reactive ketones (excluding diaryl/α,β-unsaturated/α-hetero) is 1. The Kier molecular flexibility index (Phi) is 12.2. The smallest absolute Gasteiger partial charge is 0.408 e. The van der Waals surface area contributed by atoms with E-state index in [-0.39, 0.29) is 30.5 Å². The Morgan fingerprint density at radius 1 is 0.804 bits per heavy atom. The number of ketones is 1. The van der Waals surface area contributed by atoms with E-state index in [1.165, 1.54) is 4.90 Å². The lowest BCUT2D eigenvalue weighted by Gasteiger charge is -2.23. The first-order chi connectivity index (χ1) is 22.2. The van der Waals surface area contributed by atoms with Crippen molar-refractivity contribution in [1.29, 1.82) is 0 Å². The highest BCUT2D eigenvalue weighted by molar-refractivity contribution is 6.00. The summed E-state index contributed by atoms with van der Waals surface area (Å²) in [6, 6.07) is 26.3. The van der Waals surface area contributed by atoms with Gasteiger partial charge in [0.15, 0.2) is 5.69 Å². The molecular weight excluding hydrogens is 584 g/mol. The molecule has 1 heterocycles. The van der Waals surface area contributed by atoms with Gasteiger partial charge in [-0.1, -0.05) is 105 Å². The molecule has 2 unspecified atom stereocenters. The summed E-state index contributed by atoms with van der Waals surface area (Å²) < 4.78 is 10.8.